The molecule has 2 N–H and O–H groups in total. The molecule has 0 radical (unpaired) electrons. The first-order valence-electron chi connectivity index (χ1n) is 5.23. The fourth-order valence-corrected chi connectivity index (χ4v) is 1.93. The number of hydrogen-bond acceptors (Lipinski definition) is 4. The van der Waals surface area contributed by atoms with Gasteiger partial charge in [0.25, 0.3) is 0 Å². The van der Waals surface area contributed by atoms with E-state index in [2.05, 4.69) is 4.99 Å². The molecule has 16 heavy (non-hydrogen) atoms. The first kappa shape index (κ1) is 11.1. The van der Waals surface area contributed by atoms with Gasteiger partial charge in [0.2, 0.25) is 5.91 Å². The fraction of sp³-hybridized carbons (Fsp3) is 0.600. The van der Waals surface area contributed by atoms with Crippen molar-refractivity contribution in [1.82, 2.24) is 9.80 Å². The summed E-state index contributed by atoms with van der Waals surface area (Å²) in [7, 11) is 1.74. The molecule has 0 aromatic carbocycles. The zero-order valence-electron chi connectivity index (χ0n) is 9.19. The molecule has 2 heterocycles. The third kappa shape index (κ3) is 1.92. The van der Waals surface area contributed by atoms with E-state index < -0.39 is 11.9 Å². The highest BCUT2D eigenvalue weighted by Gasteiger charge is 2.29. The Balaban J connectivity index is 2.18. The van der Waals surface area contributed by atoms with Crippen molar-refractivity contribution in [3.05, 3.63) is 11.5 Å². The summed E-state index contributed by atoms with van der Waals surface area (Å²) in [5, 5.41) is 0. The molecule has 6 heteroatoms. The van der Waals surface area contributed by atoms with Crippen molar-refractivity contribution in [1.29, 1.82) is 0 Å². The normalized spacial score (nSPS) is 26.7. The number of amides is 1. The maximum Gasteiger partial charge on any atom is 0.241 e. The van der Waals surface area contributed by atoms with Crippen LogP contribution < -0.4 is 5.73 Å². The second-order valence-corrected chi connectivity index (χ2v) is 4.07. The van der Waals surface area contributed by atoms with E-state index in [4.69, 9.17) is 5.73 Å². The molecule has 0 bridgehead atoms. The van der Waals surface area contributed by atoms with Gasteiger partial charge in [-0.15, -0.1) is 0 Å². The van der Waals surface area contributed by atoms with Crippen LogP contribution in [0, 0.1) is 0 Å². The van der Waals surface area contributed by atoms with Crippen LogP contribution >= 0.6 is 0 Å². The molecule has 0 aliphatic carbocycles. The molecule has 0 aromatic rings. The Morgan fingerprint density at radius 3 is 2.94 bits per heavy atom. The molecule has 1 amide bonds. The highest BCUT2D eigenvalue weighted by Crippen LogP contribution is 2.19. The quantitative estimate of drug-likeness (QED) is 0.646. The topological polar surface area (TPSA) is 61.9 Å². The second-order valence-electron chi connectivity index (χ2n) is 4.07. The van der Waals surface area contributed by atoms with Crippen molar-refractivity contribution in [3.63, 3.8) is 0 Å². The van der Waals surface area contributed by atoms with Crippen LogP contribution in [0.15, 0.2) is 16.5 Å². The Morgan fingerprint density at radius 2 is 2.31 bits per heavy atom. The Hall–Kier alpha value is -1.43. The summed E-state index contributed by atoms with van der Waals surface area (Å²) in [6.07, 6.45) is 1.18. The first-order valence-corrected chi connectivity index (χ1v) is 5.23. The van der Waals surface area contributed by atoms with Crippen LogP contribution in [0.3, 0.4) is 0 Å². The number of aliphatic imine (C=N–C) groups is 1. The van der Waals surface area contributed by atoms with E-state index in [1.54, 1.807) is 16.8 Å². The number of halogens is 1. The standard InChI is InChI=1S/C10H15FN4O/c1-14-2-3-15(6-9(14)16)10-7(11)4-13-5-8(10)12/h4,8H,2-3,5-6,12H2,1H3. The van der Waals surface area contributed by atoms with Crippen molar-refractivity contribution in [2.24, 2.45) is 10.7 Å². The molecule has 1 saturated heterocycles. The molecule has 2 aliphatic rings. The maximum absolute atomic E-state index is 13.6. The molecule has 0 saturated carbocycles. The molecule has 2 rings (SSSR count). The lowest BCUT2D eigenvalue weighted by molar-refractivity contribution is -0.133. The lowest BCUT2D eigenvalue weighted by Crippen LogP contribution is -2.51. The highest BCUT2D eigenvalue weighted by atomic mass is 19.1. The van der Waals surface area contributed by atoms with Gasteiger partial charge in [-0.25, -0.2) is 4.39 Å². The maximum atomic E-state index is 13.6. The molecular weight excluding hydrogens is 211 g/mol. The van der Waals surface area contributed by atoms with Gasteiger partial charge in [-0.1, -0.05) is 0 Å². The van der Waals surface area contributed by atoms with E-state index in [0.29, 0.717) is 25.3 Å². The fourth-order valence-electron chi connectivity index (χ4n) is 1.93. The van der Waals surface area contributed by atoms with Gasteiger partial charge in [-0.05, 0) is 0 Å². The molecular formula is C10H15FN4O. The van der Waals surface area contributed by atoms with Crippen molar-refractivity contribution in [2.75, 3.05) is 33.2 Å². The van der Waals surface area contributed by atoms with E-state index in [1.807, 2.05) is 0 Å². The van der Waals surface area contributed by atoms with E-state index in [1.165, 1.54) is 6.21 Å². The number of carbonyl (C=O) groups is 1. The number of nitrogens with zero attached hydrogens (tertiary/aromatic N) is 3. The van der Waals surface area contributed by atoms with Gasteiger partial charge in [-0.2, -0.15) is 0 Å². The number of hydrogen-bond donors (Lipinski definition) is 1. The summed E-state index contributed by atoms with van der Waals surface area (Å²) in [5.74, 6) is -0.433. The van der Waals surface area contributed by atoms with Gasteiger partial charge in [0.05, 0.1) is 31.0 Å². The minimum absolute atomic E-state index is 0.0127. The monoisotopic (exact) mass is 226 g/mol. The number of piperazine rings is 1. The van der Waals surface area contributed by atoms with E-state index in [-0.39, 0.29) is 12.5 Å². The van der Waals surface area contributed by atoms with Gasteiger partial charge < -0.3 is 15.5 Å². The van der Waals surface area contributed by atoms with Gasteiger partial charge in [-0.3, -0.25) is 9.79 Å². The molecule has 5 nitrogen and oxygen atoms in total. The Kier molecular flexibility index (Phi) is 2.91. The lowest BCUT2D eigenvalue weighted by Gasteiger charge is -2.37. The van der Waals surface area contributed by atoms with Gasteiger partial charge in [0, 0.05) is 20.1 Å². The van der Waals surface area contributed by atoms with Crippen LogP contribution in [0.25, 0.3) is 0 Å². The molecule has 0 spiro atoms. The molecule has 0 aromatic heterocycles. The third-order valence-corrected chi connectivity index (χ3v) is 2.90. The number of carbonyl (C=O) groups excluding carboxylic acids is 1. The minimum Gasteiger partial charge on any atom is -0.360 e. The second kappa shape index (κ2) is 4.21. The predicted octanol–water partition coefficient (Wildman–Crippen LogP) is -0.647. The van der Waals surface area contributed by atoms with E-state index in [0.717, 1.165) is 0 Å². The van der Waals surface area contributed by atoms with Crippen LogP contribution in [0.5, 0.6) is 0 Å². The van der Waals surface area contributed by atoms with Crippen molar-refractivity contribution >= 4 is 12.1 Å². The summed E-state index contributed by atoms with van der Waals surface area (Å²) in [6, 6.07) is -0.443. The predicted molar refractivity (Wildman–Crippen MR) is 58.7 cm³/mol. The highest BCUT2D eigenvalue weighted by molar-refractivity contribution is 5.81. The number of likely N-dealkylation sites (N-methyl/N-ethyl adjacent to an activating group) is 1. The Morgan fingerprint density at radius 1 is 1.56 bits per heavy atom. The Labute approximate surface area is 93.4 Å². The lowest BCUT2D eigenvalue weighted by atomic mass is 10.1. The summed E-state index contributed by atoms with van der Waals surface area (Å²) in [4.78, 5) is 18.7. The largest absolute Gasteiger partial charge is 0.360 e. The smallest absolute Gasteiger partial charge is 0.241 e. The number of dihydropyridines is 1. The molecule has 1 fully saturated rings. The molecule has 1 unspecified atom stereocenters. The number of allylic oxidation sites excluding steroid dienone is 1. The Bertz CT molecular complexity index is 366. The molecule has 88 valence electrons. The van der Waals surface area contributed by atoms with Crippen molar-refractivity contribution in [2.45, 2.75) is 6.04 Å². The number of nitrogens with two attached hydrogens (primary N) is 1. The summed E-state index contributed by atoms with van der Waals surface area (Å²) in [6.45, 7) is 1.79. The first-order chi connectivity index (χ1) is 7.59. The van der Waals surface area contributed by atoms with Crippen LogP contribution in [0.2, 0.25) is 0 Å². The third-order valence-electron chi connectivity index (χ3n) is 2.90. The van der Waals surface area contributed by atoms with Gasteiger partial charge in [0.1, 0.15) is 0 Å². The van der Waals surface area contributed by atoms with Crippen LogP contribution in [-0.4, -0.2) is 61.2 Å². The zero-order chi connectivity index (χ0) is 11.7. The van der Waals surface area contributed by atoms with Crippen LogP contribution in [-0.2, 0) is 4.79 Å². The average Bonchev–Trinajstić information content (AvgIpc) is 2.23. The summed E-state index contributed by atoms with van der Waals surface area (Å²) >= 11 is 0. The zero-order valence-corrected chi connectivity index (χ0v) is 9.19. The average molecular weight is 226 g/mol. The van der Waals surface area contributed by atoms with Crippen molar-refractivity contribution < 1.29 is 9.18 Å². The van der Waals surface area contributed by atoms with Crippen LogP contribution in [0.1, 0.15) is 0 Å². The summed E-state index contributed by atoms with van der Waals surface area (Å²) in [5.41, 5.74) is 6.22. The molecule has 2 aliphatic heterocycles. The van der Waals surface area contributed by atoms with Crippen LogP contribution in [0.4, 0.5) is 4.39 Å². The molecule has 1 atom stereocenters. The van der Waals surface area contributed by atoms with E-state index in [9.17, 15) is 9.18 Å². The SMILES string of the molecule is CN1CCN(C2=C(F)C=NCC2N)CC1=O. The van der Waals surface area contributed by atoms with Gasteiger partial charge >= 0.3 is 0 Å². The van der Waals surface area contributed by atoms with Gasteiger partial charge in [0.15, 0.2) is 5.83 Å². The minimum atomic E-state index is -0.443. The van der Waals surface area contributed by atoms with E-state index >= 15 is 0 Å². The summed E-state index contributed by atoms with van der Waals surface area (Å²) < 4.78 is 13.6. The van der Waals surface area contributed by atoms with Crippen molar-refractivity contribution in [3.8, 4) is 0 Å². The number of rotatable bonds is 1.